The maximum Gasteiger partial charge on any atom is 0.261 e. The summed E-state index contributed by atoms with van der Waals surface area (Å²) in [4.78, 5) is 27.4. The number of carbonyl (C=O) groups is 2. The molecule has 1 atom stereocenters. The number of anilines is 3. The Morgan fingerprint density at radius 1 is 0.878 bits per heavy atom. The molecule has 1 aliphatic rings. The highest BCUT2D eigenvalue weighted by Gasteiger charge is 2.37. The molecule has 0 saturated carbocycles. The maximum absolute atomic E-state index is 14.0. The average Bonchev–Trinajstić information content (AvgIpc) is 3.36. The number of benzene rings is 3. The van der Waals surface area contributed by atoms with E-state index >= 15 is 0 Å². The summed E-state index contributed by atoms with van der Waals surface area (Å²) < 4.78 is 13.0. The Morgan fingerprint density at radius 3 is 2.34 bits per heavy atom. The van der Waals surface area contributed by atoms with Gasteiger partial charge < -0.3 is 25.4 Å². The third-order valence-corrected chi connectivity index (χ3v) is 7.15. The quantitative estimate of drug-likeness (QED) is 0.260. The van der Waals surface area contributed by atoms with Crippen LogP contribution in [0.3, 0.4) is 0 Å². The van der Waals surface area contributed by atoms with Gasteiger partial charge in [-0.3, -0.25) is 9.59 Å². The number of hydrogen-bond donors (Lipinski definition) is 3. The average molecular weight is 552 g/mol. The number of nitrogens with one attached hydrogen (secondary N) is 3. The number of ether oxygens (including phenoxy) is 2. The van der Waals surface area contributed by atoms with Gasteiger partial charge >= 0.3 is 0 Å². The Balaban J connectivity index is 1.61. The van der Waals surface area contributed by atoms with Crippen LogP contribution in [0.15, 0.2) is 78.1 Å². The standard InChI is InChI=1S/C32H33N5O4/c1-18-9-7-10-22(16-18)35-31(38)24-17-33-37-28(23-11-8-12-26(40-5)29(23)41-6)27(21(4)34-30(24)37)32(39)36-25-14-13-19(2)15-20(25)3/h7-17,28,34H,1-6H3,(H,35,38)(H,36,39)/t28-/m0/s1. The Hall–Kier alpha value is -5.05. The molecule has 2 amide bonds. The summed E-state index contributed by atoms with van der Waals surface area (Å²) in [5.74, 6) is 0.825. The summed E-state index contributed by atoms with van der Waals surface area (Å²) in [6.07, 6.45) is 1.51. The van der Waals surface area contributed by atoms with Crippen molar-refractivity contribution in [1.82, 2.24) is 9.78 Å². The van der Waals surface area contributed by atoms with Crippen LogP contribution >= 0.6 is 0 Å². The topological polar surface area (TPSA) is 107 Å². The summed E-state index contributed by atoms with van der Waals surface area (Å²) in [5.41, 5.74) is 6.48. The van der Waals surface area contributed by atoms with E-state index in [1.807, 2.05) is 82.3 Å². The monoisotopic (exact) mass is 551 g/mol. The molecule has 9 nitrogen and oxygen atoms in total. The first-order chi connectivity index (χ1) is 19.7. The molecule has 3 N–H and O–H groups in total. The fraction of sp³-hybridized carbons (Fsp3) is 0.219. The van der Waals surface area contributed by atoms with Crippen LogP contribution in [0.1, 0.15) is 45.6 Å². The van der Waals surface area contributed by atoms with Crippen LogP contribution in [-0.4, -0.2) is 35.8 Å². The van der Waals surface area contributed by atoms with Crippen molar-refractivity contribution in [3.05, 3.63) is 106 Å². The molecule has 9 heteroatoms. The molecule has 4 aromatic rings. The number of para-hydroxylation sites is 1. The van der Waals surface area contributed by atoms with Crippen LogP contribution in [0.5, 0.6) is 11.5 Å². The van der Waals surface area contributed by atoms with Crippen LogP contribution in [-0.2, 0) is 4.79 Å². The lowest BCUT2D eigenvalue weighted by Crippen LogP contribution is -2.32. The number of nitrogens with zero attached hydrogens (tertiary/aromatic N) is 2. The van der Waals surface area contributed by atoms with E-state index in [1.54, 1.807) is 25.0 Å². The minimum atomic E-state index is -0.720. The van der Waals surface area contributed by atoms with Crippen molar-refractivity contribution in [3.63, 3.8) is 0 Å². The molecule has 1 aliphatic heterocycles. The van der Waals surface area contributed by atoms with E-state index in [-0.39, 0.29) is 11.8 Å². The van der Waals surface area contributed by atoms with E-state index in [4.69, 9.17) is 9.47 Å². The SMILES string of the molecule is COc1cccc([C@H]2C(C(=O)Nc3ccc(C)cc3C)=C(C)Nc3c(C(=O)Nc4cccc(C)c4)cnn32)c1OC. The Bertz CT molecular complexity index is 1690. The number of aromatic nitrogens is 2. The van der Waals surface area contributed by atoms with Crippen molar-refractivity contribution in [2.75, 3.05) is 30.2 Å². The first-order valence-electron chi connectivity index (χ1n) is 13.2. The number of rotatable bonds is 7. The largest absolute Gasteiger partial charge is 0.493 e. The van der Waals surface area contributed by atoms with E-state index in [1.165, 1.54) is 6.20 Å². The normalized spacial score (nSPS) is 14.1. The van der Waals surface area contributed by atoms with Gasteiger partial charge in [-0.1, -0.05) is 42.0 Å². The first kappa shape index (κ1) is 27.5. The molecule has 0 spiro atoms. The zero-order valence-electron chi connectivity index (χ0n) is 24.0. The van der Waals surface area contributed by atoms with Crippen LogP contribution in [0.2, 0.25) is 0 Å². The molecule has 0 aliphatic carbocycles. The predicted molar refractivity (Wildman–Crippen MR) is 160 cm³/mol. The second kappa shape index (κ2) is 11.2. The van der Waals surface area contributed by atoms with Crippen molar-refractivity contribution < 1.29 is 19.1 Å². The van der Waals surface area contributed by atoms with Gasteiger partial charge in [0.1, 0.15) is 17.4 Å². The number of fused-ring (bicyclic) bond motifs is 1. The Kier molecular flexibility index (Phi) is 7.52. The maximum atomic E-state index is 14.0. The van der Waals surface area contributed by atoms with Crippen molar-refractivity contribution >= 4 is 29.0 Å². The van der Waals surface area contributed by atoms with Gasteiger partial charge in [-0.25, -0.2) is 4.68 Å². The third-order valence-electron chi connectivity index (χ3n) is 7.15. The molecule has 0 radical (unpaired) electrons. The van der Waals surface area contributed by atoms with Gasteiger partial charge in [-0.2, -0.15) is 5.10 Å². The summed E-state index contributed by atoms with van der Waals surface area (Å²) >= 11 is 0. The molecule has 0 saturated heterocycles. The smallest absolute Gasteiger partial charge is 0.261 e. The lowest BCUT2D eigenvalue weighted by molar-refractivity contribution is -0.113. The zero-order chi connectivity index (χ0) is 29.3. The van der Waals surface area contributed by atoms with Crippen molar-refractivity contribution in [2.45, 2.75) is 33.7 Å². The van der Waals surface area contributed by atoms with Crippen molar-refractivity contribution in [2.24, 2.45) is 0 Å². The fourth-order valence-corrected chi connectivity index (χ4v) is 5.19. The molecule has 3 aromatic carbocycles. The number of carbonyl (C=O) groups excluding carboxylic acids is 2. The molecule has 210 valence electrons. The molecule has 0 unspecified atom stereocenters. The lowest BCUT2D eigenvalue weighted by atomic mass is 9.93. The summed E-state index contributed by atoms with van der Waals surface area (Å²) in [6, 6.07) is 18.2. The summed E-state index contributed by atoms with van der Waals surface area (Å²) in [7, 11) is 3.12. The second-order valence-corrected chi connectivity index (χ2v) is 10.1. The second-order valence-electron chi connectivity index (χ2n) is 10.1. The zero-order valence-corrected chi connectivity index (χ0v) is 24.0. The van der Waals surface area contributed by atoms with Gasteiger partial charge in [0.05, 0.1) is 26.0 Å². The van der Waals surface area contributed by atoms with E-state index in [9.17, 15) is 9.59 Å². The number of allylic oxidation sites excluding steroid dienone is 1. The summed E-state index contributed by atoms with van der Waals surface area (Å²) in [5, 5.41) is 13.9. The van der Waals surface area contributed by atoms with Crippen LogP contribution in [0, 0.1) is 20.8 Å². The minimum absolute atomic E-state index is 0.302. The van der Waals surface area contributed by atoms with Gasteiger partial charge in [0, 0.05) is 22.6 Å². The molecule has 0 bridgehead atoms. The summed E-state index contributed by atoms with van der Waals surface area (Å²) in [6.45, 7) is 7.74. The Labute approximate surface area is 239 Å². The number of hydrogen-bond acceptors (Lipinski definition) is 6. The molecule has 41 heavy (non-hydrogen) atoms. The predicted octanol–water partition coefficient (Wildman–Crippen LogP) is 6.01. The van der Waals surface area contributed by atoms with Crippen molar-refractivity contribution in [3.8, 4) is 11.5 Å². The Morgan fingerprint density at radius 2 is 1.63 bits per heavy atom. The highest BCUT2D eigenvalue weighted by molar-refractivity contribution is 6.09. The fourth-order valence-electron chi connectivity index (χ4n) is 5.19. The number of methoxy groups -OCH3 is 2. The molecule has 5 rings (SSSR count). The van der Waals surface area contributed by atoms with Gasteiger partial charge in [0.2, 0.25) is 0 Å². The van der Waals surface area contributed by atoms with E-state index in [0.717, 1.165) is 16.7 Å². The first-order valence-corrected chi connectivity index (χ1v) is 13.2. The van der Waals surface area contributed by atoms with Gasteiger partial charge in [-0.15, -0.1) is 0 Å². The number of aryl methyl sites for hydroxylation is 3. The van der Waals surface area contributed by atoms with Gasteiger partial charge in [0.25, 0.3) is 11.8 Å². The molecule has 0 fully saturated rings. The van der Waals surface area contributed by atoms with E-state index in [2.05, 4.69) is 21.0 Å². The highest BCUT2D eigenvalue weighted by Crippen LogP contribution is 2.44. The lowest BCUT2D eigenvalue weighted by Gasteiger charge is -2.31. The highest BCUT2D eigenvalue weighted by atomic mass is 16.5. The molecule has 2 heterocycles. The minimum Gasteiger partial charge on any atom is -0.493 e. The number of amides is 2. The molecule has 1 aromatic heterocycles. The molecular weight excluding hydrogens is 518 g/mol. The van der Waals surface area contributed by atoms with Crippen LogP contribution in [0.4, 0.5) is 17.2 Å². The van der Waals surface area contributed by atoms with Crippen molar-refractivity contribution in [1.29, 1.82) is 0 Å². The van der Waals surface area contributed by atoms with E-state index in [0.29, 0.717) is 51.1 Å². The van der Waals surface area contributed by atoms with Gasteiger partial charge in [0.15, 0.2) is 11.5 Å². The van der Waals surface area contributed by atoms with Crippen LogP contribution < -0.4 is 25.4 Å². The van der Waals surface area contributed by atoms with Gasteiger partial charge in [-0.05, 0) is 63.1 Å². The third kappa shape index (κ3) is 5.26. The molecular formula is C32H33N5O4. The van der Waals surface area contributed by atoms with Crippen LogP contribution in [0.25, 0.3) is 0 Å². The van der Waals surface area contributed by atoms with E-state index < -0.39 is 6.04 Å².